The van der Waals surface area contributed by atoms with Crippen molar-refractivity contribution in [2.45, 2.75) is 6.92 Å². The average molecular weight is 426 g/mol. The van der Waals surface area contributed by atoms with Crippen molar-refractivity contribution in [2.24, 2.45) is 5.73 Å². The van der Waals surface area contributed by atoms with Crippen LogP contribution >= 0.6 is 0 Å². The summed E-state index contributed by atoms with van der Waals surface area (Å²) >= 11 is 0. The zero-order valence-electron chi connectivity index (χ0n) is 17.7. The van der Waals surface area contributed by atoms with Gasteiger partial charge in [0, 0.05) is 28.7 Å². The lowest BCUT2D eigenvalue weighted by Crippen LogP contribution is -2.17. The van der Waals surface area contributed by atoms with Crippen molar-refractivity contribution in [3.8, 4) is 16.9 Å². The molecule has 0 unspecified atom stereocenters. The molecule has 3 aromatic carbocycles. The predicted octanol–water partition coefficient (Wildman–Crippen LogP) is 5.25. The monoisotopic (exact) mass is 426 g/mol. The number of nitrogens with two attached hydrogens (primary N) is 1. The lowest BCUT2D eigenvalue weighted by Gasteiger charge is -2.11. The van der Waals surface area contributed by atoms with Crippen LogP contribution in [0.3, 0.4) is 0 Å². The van der Waals surface area contributed by atoms with E-state index in [9.17, 15) is 9.59 Å². The molecule has 0 saturated carbocycles. The summed E-state index contributed by atoms with van der Waals surface area (Å²) in [6.07, 6.45) is 3.18. The highest BCUT2D eigenvalue weighted by atomic mass is 16.5. The van der Waals surface area contributed by atoms with Crippen LogP contribution < -0.4 is 15.8 Å². The van der Waals surface area contributed by atoms with E-state index in [0.29, 0.717) is 22.6 Å². The molecule has 0 radical (unpaired) electrons. The van der Waals surface area contributed by atoms with E-state index in [2.05, 4.69) is 5.32 Å². The minimum absolute atomic E-state index is 0.247. The van der Waals surface area contributed by atoms with Gasteiger partial charge < -0.3 is 20.2 Å². The van der Waals surface area contributed by atoms with Gasteiger partial charge in [-0.05, 0) is 36.3 Å². The van der Waals surface area contributed by atoms with Gasteiger partial charge in [-0.15, -0.1) is 0 Å². The first kappa shape index (κ1) is 20.9. The number of primary amides is 1. The minimum Gasteiger partial charge on any atom is -0.496 e. The van der Waals surface area contributed by atoms with Crippen molar-refractivity contribution in [2.75, 3.05) is 12.4 Å². The number of rotatable bonds is 6. The summed E-state index contributed by atoms with van der Waals surface area (Å²) < 4.78 is 11.3. The van der Waals surface area contributed by atoms with Crippen molar-refractivity contribution in [1.29, 1.82) is 0 Å². The van der Waals surface area contributed by atoms with Crippen LogP contribution in [0.4, 0.5) is 5.69 Å². The molecule has 1 heterocycles. The average Bonchev–Trinajstić information content (AvgIpc) is 3.21. The predicted molar refractivity (Wildman–Crippen MR) is 125 cm³/mol. The second-order valence-electron chi connectivity index (χ2n) is 7.29. The number of benzene rings is 3. The molecule has 0 aliphatic heterocycles. The summed E-state index contributed by atoms with van der Waals surface area (Å²) in [4.78, 5) is 24.3. The number of nitrogens with one attached hydrogen (secondary N) is 1. The molecule has 0 aliphatic rings. The van der Waals surface area contributed by atoms with Crippen molar-refractivity contribution >= 4 is 34.0 Å². The molecule has 6 heteroatoms. The van der Waals surface area contributed by atoms with Crippen molar-refractivity contribution in [3.05, 3.63) is 90.2 Å². The SMILES string of the molecule is COc1cc2occ(-c3ccccc3)c2cc1/C(C)=C/C(=O)Nc1ccccc1C(N)=O. The number of para-hydroxylation sites is 1. The van der Waals surface area contributed by atoms with Gasteiger partial charge in [0.05, 0.1) is 24.6 Å². The van der Waals surface area contributed by atoms with Gasteiger partial charge >= 0.3 is 0 Å². The molecule has 32 heavy (non-hydrogen) atoms. The largest absolute Gasteiger partial charge is 0.496 e. The number of methoxy groups -OCH3 is 1. The fourth-order valence-corrected chi connectivity index (χ4v) is 3.62. The van der Waals surface area contributed by atoms with Crippen LogP contribution in [0.15, 0.2) is 83.5 Å². The summed E-state index contributed by atoms with van der Waals surface area (Å²) in [7, 11) is 1.57. The van der Waals surface area contributed by atoms with E-state index in [-0.39, 0.29) is 11.5 Å². The Morgan fingerprint density at radius 1 is 1.00 bits per heavy atom. The van der Waals surface area contributed by atoms with E-state index in [1.165, 1.54) is 6.08 Å². The number of allylic oxidation sites excluding steroid dienone is 1. The van der Waals surface area contributed by atoms with Gasteiger partial charge in [-0.25, -0.2) is 0 Å². The number of carbonyl (C=O) groups excluding carboxylic acids is 2. The van der Waals surface area contributed by atoms with Crippen LogP contribution in [0.25, 0.3) is 27.7 Å². The molecule has 0 saturated heterocycles. The molecule has 3 N–H and O–H groups in total. The summed E-state index contributed by atoms with van der Waals surface area (Å²) in [6, 6.07) is 20.3. The van der Waals surface area contributed by atoms with E-state index in [1.54, 1.807) is 37.6 Å². The zero-order chi connectivity index (χ0) is 22.7. The van der Waals surface area contributed by atoms with Crippen LogP contribution in [-0.2, 0) is 4.79 Å². The molecule has 0 bridgehead atoms. The number of hydrogen-bond acceptors (Lipinski definition) is 4. The fraction of sp³-hybridized carbons (Fsp3) is 0.0769. The fourth-order valence-electron chi connectivity index (χ4n) is 3.62. The van der Waals surface area contributed by atoms with Gasteiger partial charge in [0.2, 0.25) is 5.91 Å². The highest BCUT2D eigenvalue weighted by Crippen LogP contribution is 2.37. The smallest absolute Gasteiger partial charge is 0.250 e. The molecule has 0 spiro atoms. The van der Waals surface area contributed by atoms with Crippen molar-refractivity contribution in [1.82, 2.24) is 0 Å². The Labute approximate surface area is 185 Å². The maximum Gasteiger partial charge on any atom is 0.250 e. The van der Waals surface area contributed by atoms with Crippen LogP contribution in [0, 0.1) is 0 Å². The lowest BCUT2D eigenvalue weighted by molar-refractivity contribution is -0.111. The summed E-state index contributed by atoms with van der Waals surface area (Å²) in [6.45, 7) is 1.82. The van der Waals surface area contributed by atoms with Gasteiger partial charge in [0.1, 0.15) is 11.3 Å². The Kier molecular flexibility index (Phi) is 5.77. The Morgan fingerprint density at radius 3 is 2.44 bits per heavy atom. The molecule has 160 valence electrons. The molecule has 6 nitrogen and oxygen atoms in total. The first-order valence-corrected chi connectivity index (χ1v) is 10.0. The van der Waals surface area contributed by atoms with E-state index in [1.807, 2.05) is 49.4 Å². The molecule has 1 aromatic heterocycles. The van der Waals surface area contributed by atoms with Gasteiger partial charge in [-0.3, -0.25) is 9.59 Å². The molecule has 2 amide bonds. The molecular formula is C26H22N2O4. The van der Waals surface area contributed by atoms with Gasteiger partial charge in [-0.2, -0.15) is 0 Å². The van der Waals surface area contributed by atoms with Crippen molar-refractivity contribution in [3.63, 3.8) is 0 Å². The number of carbonyl (C=O) groups is 2. The Balaban J connectivity index is 1.71. The summed E-state index contributed by atoms with van der Waals surface area (Å²) in [5.74, 6) is -0.401. The third-order valence-corrected chi connectivity index (χ3v) is 5.20. The number of furan rings is 1. The van der Waals surface area contributed by atoms with Crippen molar-refractivity contribution < 1.29 is 18.7 Å². The Morgan fingerprint density at radius 2 is 1.72 bits per heavy atom. The van der Waals surface area contributed by atoms with E-state index < -0.39 is 5.91 Å². The Hall–Kier alpha value is -4.32. The molecule has 4 aromatic rings. The van der Waals surface area contributed by atoms with E-state index >= 15 is 0 Å². The number of ether oxygens (including phenoxy) is 1. The molecular weight excluding hydrogens is 404 g/mol. The number of hydrogen-bond donors (Lipinski definition) is 2. The van der Waals surface area contributed by atoms with Gasteiger partial charge in [-0.1, -0.05) is 42.5 Å². The minimum atomic E-state index is -0.609. The Bertz CT molecular complexity index is 1340. The highest BCUT2D eigenvalue weighted by Gasteiger charge is 2.15. The first-order chi connectivity index (χ1) is 15.5. The highest BCUT2D eigenvalue weighted by molar-refractivity contribution is 6.09. The molecule has 4 rings (SSSR count). The number of amides is 2. The molecule has 0 aliphatic carbocycles. The number of fused-ring (bicyclic) bond motifs is 1. The maximum absolute atomic E-state index is 12.7. The maximum atomic E-state index is 12.7. The van der Waals surface area contributed by atoms with Crippen LogP contribution in [0.5, 0.6) is 5.75 Å². The second-order valence-corrected chi connectivity index (χ2v) is 7.29. The van der Waals surface area contributed by atoms with E-state index in [0.717, 1.165) is 22.1 Å². The lowest BCUT2D eigenvalue weighted by atomic mass is 9.99. The van der Waals surface area contributed by atoms with Gasteiger partial charge in [0.15, 0.2) is 0 Å². The topological polar surface area (TPSA) is 94.6 Å². The quantitative estimate of drug-likeness (QED) is 0.412. The van der Waals surface area contributed by atoms with Crippen LogP contribution in [0.1, 0.15) is 22.8 Å². The standard InChI is InChI=1S/C26H22N2O4/c1-16(12-25(29)28-22-11-7-6-10-18(22)26(27)30)19-13-20-21(17-8-4-3-5-9-17)15-32-24(20)14-23(19)31-2/h3-15H,1-2H3,(H2,27,30)(H,28,29)/b16-12+. The molecule has 0 atom stereocenters. The zero-order valence-corrected chi connectivity index (χ0v) is 17.7. The number of anilines is 1. The third kappa shape index (κ3) is 4.11. The summed E-state index contributed by atoms with van der Waals surface area (Å²) in [5.41, 5.74) is 10.1. The van der Waals surface area contributed by atoms with E-state index in [4.69, 9.17) is 14.9 Å². The van der Waals surface area contributed by atoms with Gasteiger partial charge in [0.25, 0.3) is 5.91 Å². The second kappa shape index (κ2) is 8.81. The van der Waals surface area contributed by atoms with Crippen LogP contribution in [0.2, 0.25) is 0 Å². The summed E-state index contributed by atoms with van der Waals surface area (Å²) in [5, 5.41) is 3.64. The normalized spacial score (nSPS) is 11.4. The van der Waals surface area contributed by atoms with Crippen LogP contribution in [-0.4, -0.2) is 18.9 Å². The third-order valence-electron chi connectivity index (χ3n) is 5.20. The molecule has 0 fully saturated rings. The first-order valence-electron chi connectivity index (χ1n) is 10.0.